The third kappa shape index (κ3) is 2.17. The van der Waals surface area contributed by atoms with Crippen molar-refractivity contribution in [2.75, 3.05) is 16.0 Å². The molecule has 1 atom stereocenters. The Bertz CT molecular complexity index is 603. The Kier molecular flexibility index (Phi) is 2.90. The molecule has 2 aromatic rings. The number of fused-ring (bicyclic) bond motifs is 1. The summed E-state index contributed by atoms with van der Waals surface area (Å²) in [5, 5.41) is 3.19. The molecule has 0 fully saturated rings. The number of aromatic nitrogens is 3. The molecule has 0 spiro atoms. The summed E-state index contributed by atoms with van der Waals surface area (Å²) in [5.41, 5.74) is 7.63. The van der Waals surface area contributed by atoms with E-state index < -0.39 is 0 Å². The monoisotopic (exact) mass is 274 g/mol. The Morgan fingerprint density at radius 2 is 2.11 bits per heavy atom. The fraction of sp³-hybridized carbons (Fsp3) is 0.250. The van der Waals surface area contributed by atoms with Crippen molar-refractivity contribution in [3.8, 4) is 0 Å². The maximum atomic E-state index is 5.91. The van der Waals surface area contributed by atoms with Crippen LogP contribution in [0, 0.1) is 6.92 Å². The number of anilines is 3. The highest BCUT2D eigenvalue weighted by atomic mass is 32.1. The zero-order chi connectivity index (χ0) is 13.4. The van der Waals surface area contributed by atoms with Gasteiger partial charge in [0.15, 0.2) is 11.6 Å². The molecule has 2 aromatic heterocycles. The third-order valence-corrected chi connectivity index (χ3v) is 3.38. The largest absolute Gasteiger partial charge is 0.382 e. The van der Waals surface area contributed by atoms with Gasteiger partial charge in [-0.1, -0.05) is 0 Å². The Balaban J connectivity index is 1.96. The molecular formula is C12H14N6S. The van der Waals surface area contributed by atoms with Crippen LogP contribution in [0.2, 0.25) is 0 Å². The van der Waals surface area contributed by atoms with Gasteiger partial charge in [-0.3, -0.25) is 4.98 Å². The molecule has 19 heavy (non-hydrogen) atoms. The first kappa shape index (κ1) is 12.0. The van der Waals surface area contributed by atoms with Crippen molar-refractivity contribution in [1.82, 2.24) is 15.0 Å². The minimum Gasteiger partial charge on any atom is -0.382 e. The summed E-state index contributed by atoms with van der Waals surface area (Å²) >= 11 is 4.52. The number of aryl methyl sites for hydroxylation is 1. The Morgan fingerprint density at radius 3 is 2.84 bits per heavy atom. The van der Waals surface area contributed by atoms with E-state index in [1.54, 1.807) is 12.4 Å². The molecule has 3 N–H and O–H groups in total. The molecule has 0 amide bonds. The van der Waals surface area contributed by atoms with Gasteiger partial charge in [0.1, 0.15) is 17.0 Å². The Labute approximate surface area is 116 Å². The normalized spacial score (nSPS) is 17.2. The molecule has 3 heterocycles. The van der Waals surface area contributed by atoms with Crippen LogP contribution in [0.1, 0.15) is 11.4 Å². The van der Waals surface area contributed by atoms with Gasteiger partial charge < -0.3 is 16.0 Å². The number of hydrogen-bond acceptors (Lipinski definition) is 7. The predicted octanol–water partition coefficient (Wildman–Crippen LogP) is 1.41. The standard InChI is InChI=1S/C12H14N6S/c1-7-15-10(13)9-11(16-7)18(12(19)17-9)6-8-2-4-14-5-3-8/h2-5,12,17,19H,6H2,1H3,(H2,13,15,16). The fourth-order valence-electron chi connectivity index (χ4n) is 2.09. The number of nitrogens with zero attached hydrogens (tertiary/aromatic N) is 4. The van der Waals surface area contributed by atoms with Gasteiger partial charge in [0.25, 0.3) is 0 Å². The van der Waals surface area contributed by atoms with Crippen molar-refractivity contribution in [2.45, 2.75) is 19.0 Å². The minimum atomic E-state index is -0.165. The smallest absolute Gasteiger partial charge is 0.160 e. The third-order valence-electron chi connectivity index (χ3n) is 2.97. The number of nitrogens with one attached hydrogen (secondary N) is 1. The van der Waals surface area contributed by atoms with Crippen LogP contribution >= 0.6 is 12.6 Å². The SMILES string of the molecule is Cc1nc(N)c2c(n1)N(Cc1ccncc1)C(S)N2. The van der Waals surface area contributed by atoms with Crippen LogP contribution in [-0.2, 0) is 6.54 Å². The Morgan fingerprint density at radius 1 is 1.37 bits per heavy atom. The minimum absolute atomic E-state index is 0.165. The molecule has 0 saturated carbocycles. The van der Waals surface area contributed by atoms with Crippen LogP contribution in [0.25, 0.3) is 0 Å². The topological polar surface area (TPSA) is 80.0 Å². The molecule has 0 aromatic carbocycles. The second-order valence-corrected chi connectivity index (χ2v) is 4.85. The number of thiol groups is 1. The molecular weight excluding hydrogens is 260 g/mol. The molecule has 0 radical (unpaired) electrons. The van der Waals surface area contributed by atoms with Crippen molar-refractivity contribution in [3.63, 3.8) is 0 Å². The van der Waals surface area contributed by atoms with Crippen molar-refractivity contribution in [1.29, 1.82) is 0 Å². The maximum absolute atomic E-state index is 5.91. The second kappa shape index (κ2) is 4.58. The highest BCUT2D eigenvalue weighted by Crippen LogP contribution is 2.38. The molecule has 1 aliphatic heterocycles. The van der Waals surface area contributed by atoms with Crippen molar-refractivity contribution < 1.29 is 0 Å². The highest BCUT2D eigenvalue weighted by molar-refractivity contribution is 7.81. The van der Waals surface area contributed by atoms with Gasteiger partial charge in [-0.2, -0.15) is 0 Å². The molecule has 0 aliphatic carbocycles. The van der Waals surface area contributed by atoms with Gasteiger partial charge in [0.05, 0.1) is 0 Å². The Hall–Kier alpha value is -2.02. The van der Waals surface area contributed by atoms with E-state index >= 15 is 0 Å². The molecule has 7 heteroatoms. The number of hydrogen-bond donors (Lipinski definition) is 3. The van der Waals surface area contributed by atoms with E-state index in [2.05, 4.69) is 32.9 Å². The predicted molar refractivity (Wildman–Crippen MR) is 78.0 cm³/mol. The van der Waals surface area contributed by atoms with Crippen LogP contribution in [0.3, 0.4) is 0 Å². The van der Waals surface area contributed by atoms with Gasteiger partial charge in [-0.15, -0.1) is 12.6 Å². The van der Waals surface area contributed by atoms with Gasteiger partial charge >= 0.3 is 0 Å². The molecule has 0 bridgehead atoms. The number of pyridine rings is 1. The zero-order valence-corrected chi connectivity index (χ0v) is 11.3. The van der Waals surface area contributed by atoms with E-state index in [0.717, 1.165) is 17.1 Å². The van der Waals surface area contributed by atoms with Crippen LogP contribution in [0.5, 0.6) is 0 Å². The van der Waals surface area contributed by atoms with E-state index in [0.29, 0.717) is 18.2 Å². The summed E-state index contributed by atoms with van der Waals surface area (Å²) in [4.78, 5) is 14.7. The van der Waals surface area contributed by atoms with Crippen LogP contribution in [-0.4, -0.2) is 20.4 Å². The van der Waals surface area contributed by atoms with E-state index in [4.69, 9.17) is 5.73 Å². The quantitative estimate of drug-likeness (QED) is 0.719. The second-order valence-electron chi connectivity index (χ2n) is 4.36. The summed E-state index contributed by atoms with van der Waals surface area (Å²) in [5.74, 6) is 1.90. The van der Waals surface area contributed by atoms with Crippen molar-refractivity contribution >= 4 is 30.0 Å². The lowest BCUT2D eigenvalue weighted by molar-refractivity contribution is 0.818. The number of rotatable bonds is 2. The molecule has 6 nitrogen and oxygen atoms in total. The first-order valence-corrected chi connectivity index (χ1v) is 6.41. The first-order chi connectivity index (χ1) is 9.15. The zero-order valence-electron chi connectivity index (χ0n) is 10.4. The average Bonchev–Trinajstić information content (AvgIpc) is 2.69. The number of nitrogens with two attached hydrogens (primary N) is 1. The summed E-state index contributed by atoms with van der Waals surface area (Å²) in [6.07, 6.45) is 3.54. The summed E-state index contributed by atoms with van der Waals surface area (Å²) < 4.78 is 0. The summed E-state index contributed by atoms with van der Waals surface area (Å²) in [6, 6.07) is 3.94. The van der Waals surface area contributed by atoms with E-state index in [9.17, 15) is 0 Å². The van der Waals surface area contributed by atoms with E-state index in [-0.39, 0.29) is 5.50 Å². The lowest BCUT2D eigenvalue weighted by Gasteiger charge is -2.22. The molecule has 1 aliphatic rings. The maximum Gasteiger partial charge on any atom is 0.160 e. The van der Waals surface area contributed by atoms with E-state index in [1.807, 2.05) is 24.0 Å². The van der Waals surface area contributed by atoms with Crippen LogP contribution in [0.15, 0.2) is 24.5 Å². The lowest BCUT2D eigenvalue weighted by atomic mass is 10.2. The van der Waals surface area contributed by atoms with Gasteiger partial charge in [-0.05, 0) is 24.6 Å². The first-order valence-electron chi connectivity index (χ1n) is 5.89. The lowest BCUT2D eigenvalue weighted by Crippen LogP contribution is -2.30. The summed E-state index contributed by atoms with van der Waals surface area (Å²) in [6.45, 7) is 2.51. The van der Waals surface area contributed by atoms with Crippen LogP contribution in [0.4, 0.5) is 17.3 Å². The van der Waals surface area contributed by atoms with Gasteiger partial charge in [0.2, 0.25) is 0 Å². The van der Waals surface area contributed by atoms with Gasteiger partial charge in [0, 0.05) is 18.9 Å². The highest BCUT2D eigenvalue weighted by Gasteiger charge is 2.30. The van der Waals surface area contributed by atoms with Crippen molar-refractivity contribution in [3.05, 3.63) is 35.9 Å². The van der Waals surface area contributed by atoms with Crippen LogP contribution < -0.4 is 16.0 Å². The molecule has 1 unspecified atom stereocenters. The fourth-order valence-corrected chi connectivity index (χ4v) is 2.41. The van der Waals surface area contributed by atoms with Gasteiger partial charge in [-0.25, -0.2) is 9.97 Å². The average molecular weight is 274 g/mol. The molecule has 3 rings (SSSR count). The molecule has 0 saturated heterocycles. The van der Waals surface area contributed by atoms with Crippen molar-refractivity contribution in [2.24, 2.45) is 0 Å². The summed E-state index contributed by atoms with van der Waals surface area (Å²) in [7, 11) is 0. The van der Waals surface area contributed by atoms with E-state index in [1.165, 1.54) is 0 Å². The number of nitrogen functional groups attached to an aromatic ring is 1. The molecule has 98 valence electrons.